The Morgan fingerprint density at radius 3 is 2.89 bits per heavy atom. The molecule has 3 aromatic rings. The lowest BCUT2D eigenvalue weighted by atomic mass is 10.2. The zero-order valence-corrected chi connectivity index (χ0v) is 10.3. The van der Waals surface area contributed by atoms with Gasteiger partial charge in [0.15, 0.2) is 5.58 Å². The number of carbonyl (C=O) groups excluding carboxylic acids is 1. The van der Waals surface area contributed by atoms with Crippen LogP contribution in [-0.4, -0.2) is 15.5 Å². The van der Waals surface area contributed by atoms with E-state index in [4.69, 9.17) is 16.0 Å². The van der Waals surface area contributed by atoms with E-state index in [1.807, 2.05) is 0 Å². The maximum atomic E-state index is 12.3. The largest absolute Gasteiger partial charge is 0.427 e. The number of nitrogens with zero attached hydrogens (tertiary/aromatic N) is 2. The molecule has 2 aromatic heterocycles. The van der Waals surface area contributed by atoms with Crippen molar-refractivity contribution in [3.05, 3.63) is 63.9 Å². The fourth-order valence-corrected chi connectivity index (χ4v) is 1.97. The third kappa shape index (κ3) is 1.94. The molecule has 1 aromatic carbocycles. The Morgan fingerprint density at radius 1 is 1.32 bits per heavy atom. The molecule has 0 radical (unpaired) electrons. The minimum absolute atomic E-state index is 0.273. The number of halogens is 1. The van der Waals surface area contributed by atoms with Gasteiger partial charge in [-0.05, 0) is 24.3 Å². The molecule has 3 rings (SSSR count). The lowest BCUT2D eigenvalue weighted by molar-refractivity contribution is 0.0956. The van der Waals surface area contributed by atoms with Crippen LogP contribution in [0.2, 0.25) is 5.02 Å². The molecule has 94 valence electrons. The van der Waals surface area contributed by atoms with Gasteiger partial charge >= 0.3 is 5.76 Å². The van der Waals surface area contributed by atoms with E-state index in [-0.39, 0.29) is 5.58 Å². The third-order valence-corrected chi connectivity index (χ3v) is 2.89. The van der Waals surface area contributed by atoms with Gasteiger partial charge < -0.3 is 4.42 Å². The van der Waals surface area contributed by atoms with Crippen molar-refractivity contribution in [3.8, 4) is 0 Å². The van der Waals surface area contributed by atoms with Crippen molar-refractivity contribution in [2.75, 3.05) is 0 Å². The fraction of sp³-hybridized carbons (Fsp3) is 0. The van der Waals surface area contributed by atoms with Crippen molar-refractivity contribution in [1.29, 1.82) is 0 Å². The van der Waals surface area contributed by atoms with Crippen molar-refractivity contribution < 1.29 is 9.21 Å². The van der Waals surface area contributed by atoms with Crippen LogP contribution in [-0.2, 0) is 0 Å². The molecule has 0 fully saturated rings. The second-order valence-electron chi connectivity index (χ2n) is 3.86. The summed E-state index contributed by atoms with van der Waals surface area (Å²) in [7, 11) is 0. The zero-order chi connectivity index (χ0) is 13.4. The molecule has 0 aliphatic rings. The molecule has 2 heterocycles. The average Bonchev–Trinajstić information content (AvgIpc) is 2.74. The second-order valence-corrected chi connectivity index (χ2v) is 4.30. The molecule has 19 heavy (non-hydrogen) atoms. The molecule has 0 N–H and O–H groups in total. The number of oxazole rings is 1. The van der Waals surface area contributed by atoms with Crippen molar-refractivity contribution in [2.45, 2.75) is 0 Å². The number of carbonyl (C=O) groups is 1. The monoisotopic (exact) mass is 274 g/mol. The molecular weight excluding hydrogens is 268 g/mol. The predicted octanol–water partition coefficient (Wildman–Crippen LogP) is 2.33. The lowest BCUT2D eigenvalue weighted by Gasteiger charge is -2.00. The van der Waals surface area contributed by atoms with Gasteiger partial charge in [0.2, 0.25) is 0 Å². The average molecular weight is 275 g/mol. The minimum Gasteiger partial charge on any atom is -0.407 e. The predicted molar refractivity (Wildman–Crippen MR) is 69.4 cm³/mol. The summed E-state index contributed by atoms with van der Waals surface area (Å²) in [6, 6.07) is 7.85. The van der Waals surface area contributed by atoms with E-state index in [9.17, 15) is 9.59 Å². The van der Waals surface area contributed by atoms with Crippen LogP contribution in [0, 0.1) is 0 Å². The van der Waals surface area contributed by atoms with Gasteiger partial charge in [-0.1, -0.05) is 11.6 Å². The smallest absolute Gasteiger partial charge is 0.407 e. The van der Waals surface area contributed by atoms with Crippen molar-refractivity contribution >= 4 is 28.6 Å². The first-order valence-corrected chi connectivity index (χ1v) is 5.80. The molecule has 6 heteroatoms. The minimum atomic E-state index is -0.744. The first-order valence-electron chi connectivity index (χ1n) is 5.42. The first-order chi connectivity index (χ1) is 9.16. The fourth-order valence-electron chi connectivity index (χ4n) is 1.80. The van der Waals surface area contributed by atoms with Crippen LogP contribution in [0.1, 0.15) is 10.4 Å². The van der Waals surface area contributed by atoms with Gasteiger partial charge in [-0.3, -0.25) is 9.78 Å². The molecule has 0 spiro atoms. The van der Waals surface area contributed by atoms with E-state index in [1.165, 1.54) is 12.3 Å². The highest BCUT2D eigenvalue weighted by Crippen LogP contribution is 2.19. The van der Waals surface area contributed by atoms with Crippen LogP contribution in [0.25, 0.3) is 11.1 Å². The van der Waals surface area contributed by atoms with Crippen LogP contribution in [0.5, 0.6) is 0 Å². The van der Waals surface area contributed by atoms with Crippen molar-refractivity contribution in [3.63, 3.8) is 0 Å². The lowest BCUT2D eigenvalue weighted by Crippen LogP contribution is -2.23. The van der Waals surface area contributed by atoms with E-state index in [0.717, 1.165) is 4.57 Å². The highest BCUT2D eigenvalue weighted by Gasteiger charge is 2.17. The normalized spacial score (nSPS) is 10.8. The van der Waals surface area contributed by atoms with Gasteiger partial charge in [-0.2, -0.15) is 0 Å². The summed E-state index contributed by atoms with van der Waals surface area (Å²) < 4.78 is 5.97. The summed E-state index contributed by atoms with van der Waals surface area (Å²) >= 11 is 5.81. The highest BCUT2D eigenvalue weighted by molar-refractivity contribution is 6.31. The first kappa shape index (κ1) is 11.7. The van der Waals surface area contributed by atoms with Gasteiger partial charge in [0.1, 0.15) is 0 Å². The number of pyridine rings is 1. The number of aromatic nitrogens is 2. The summed E-state index contributed by atoms with van der Waals surface area (Å²) in [5, 5.41) is 0.433. The van der Waals surface area contributed by atoms with Crippen LogP contribution in [0.3, 0.4) is 0 Å². The number of hydrogen-bond acceptors (Lipinski definition) is 4. The molecule has 5 nitrogen and oxygen atoms in total. The molecule has 0 saturated heterocycles. The zero-order valence-electron chi connectivity index (χ0n) is 9.54. The molecule has 0 saturated carbocycles. The maximum absolute atomic E-state index is 12.3. The number of benzene rings is 1. The molecule has 0 amide bonds. The molecule has 0 atom stereocenters. The molecule has 0 unspecified atom stereocenters. The summed E-state index contributed by atoms with van der Waals surface area (Å²) in [6.45, 7) is 0. The van der Waals surface area contributed by atoms with E-state index < -0.39 is 11.7 Å². The number of hydrogen-bond donors (Lipinski definition) is 0. The van der Waals surface area contributed by atoms with Gasteiger partial charge in [-0.25, -0.2) is 9.36 Å². The van der Waals surface area contributed by atoms with E-state index >= 15 is 0 Å². The van der Waals surface area contributed by atoms with Crippen LogP contribution < -0.4 is 5.76 Å². The van der Waals surface area contributed by atoms with E-state index in [1.54, 1.807) is 30.5 Å². The Hall–Kier alpha value is -2.40. The van der Waals surface area contributed by atoms with Crippen molar-refractivity contribution in [1.82, 2.24) is 9.55 Å². The molecular formula is C13H7ClN2O3. The molecule has 0 aliphatic carbocycles. The summed E-state index contributed by atoms with van der Waals surface area (Å²) in [5.41, 5.74) is 0.959. The Bertz CT molecular complexity index is 821. The second kappa shape index (κ2) is 4.37. The van der Waals surface area contributed by atoms with Gasteiger partial charge in [0, 0.05) is 23.5 Å². The van der Waals surface area contributed by atoms with E-state index in [2.05, 4.69) is 4.98 Å². The van der Waals surface area contributed by atoms with Crippen LogP contribution in [0.4, 0.5) is 0 Å². The molecule has 0 bridgehead atoms. The van der Waals surface area contributed by atoms with E-state index in [0.29, 0.717) is 16.1 Å². The highest BCUT2D eigenvalue weighted by atomic mass is 35.5. The SMILES string of the molecule is O=C(c1cccnc1)n1c(=O)oc2cc(Cl)ccc21. The maximum Gasteiger partial charge on any atom is 0.427 e. The molecule has 0 aliphatic heterocycles. The summed E-state index contributed by atoms with van der Waals surface area (Å²) in [5.74, 6) is -1.23. The summed E-state index contributed by atoms with van der Waals surface area (Å²) in [4.78, 5) is 27.9. The topological polar surface area (TPSA) is 65.1 Å². The quantitative estimate of drug-likeness (QED) is 0.683. The standard InChI is InChI=1S/C13H7ClN2O3/c14-9-3-4-10-11(6-9)19-13(18)16(10)12(17)8-2-1-5-15-7-8/h1-7H. The Morgan fingerprint density at radius 2 is 2.16 bits per heavy atom. The Balaban J connectivity index is 2.23. The van der Waals surface area contributed by atoms with Gasteiger partial charge in [0.25, 0.3) is 5.91 Å². The third-order valence-electron chi connectivity index (χ3n) is 2.65. The van der Waals surface area contributed by atoms with Crippen LogP contribution in [0.15, 0.2) is 51.9 Å². The summed E-state index contributed by atoms with van der Waals surface area (Å²) in [6.07, 6.45) is 2.94. The van der Waals surface area contributed by atoms with Crippen molar-refractivity contribution in [2.24, 2.45) is 0 Å². The Kier molecular flexibility index (Phi) is 2.68. The number of fused-ring (bicyclic) bond motifs is 1. The number of rotatable bonds is 1. The van der Waals surface area contributed by atoms with Gasteiger partial charge in [-0.15, -0.1) is 0 Å². The van der Waals surface area contributed by atoms with Crippen LogP contribution >= 0.6 is 11.6 Å². The van der Waals surface area contributed by atoms with Gasteiger partial charge in [0.05, 0.1) is 11.1 Å². The Labute approximate surface area is 112 Å².